The lowest BCUT2D eigenvalue weighted by atomic mass is 10.1. The van der Waals surface area contributed by atoms with Crippen LogP contribution in [0, 0.1) is 20.8 Å². The van der Waals surface area contributed by atoms with Gasteiger partial charge in [-0.1, -0.05) is 23.7 Å². The number of amides is 1. The van der Waals surface area contributed by atoms with Gasteiger partial charge in [-0.15, -0.1) is 0 Å². The molecule has 0 saturated heterocycles. The molecule has 0 spiro atoms. The molecular weight excluding hydrogens is 457 g/mol. The van der Waals surface area contributed by atoms with Gasteiger partial charge >= 0.3 is 6.18 Å². The van der Waals surface area contributed by atoms with Crippen LogP contribution in [0.25, 0.3) is 0 Å². The van der Waals surface area contributed by atoms with E-state index < -0.39 is 29.8 Å². The van der Waals surface area contributed by atoms with Gasteiger partial charge in [0.25, 0.3) is 6.43 Å². The highest BCUT2D eigenvalue weighted by Gasteiger charge is 2.30. The maximum absolute atomic E-state index is 12.9. The Balaban J connectivity index is 1.77. The summed E-state index contributed by atoms with van der Waals surface area (Å²) in [6.07, 6.45) is -7.33. The number of aryl methyl sites for hydroxylation is 1. The van der Waals surface area contributed by atoms with Crippen LogP contribution in [0.15, 0.2) is 24.3 Å². The van der Waals surface area contributed by atoms with Gasteiger partial charge in [0, 0.05) is 0 Å². The number of anilines is 1. The molecule has 3 rings (SSSR count). The van der Waals surface area contributed by atoms with Gasteiger partial charge in [0.05, 0.1) is 39.9 Å². The maximum atomic E-state index is 12.9. The molecule has 32 heavy (non-hydrogen) atoms. The van der Waals surface area contributed by atoms with Gasteiger partial charge < -0.3 is 5.32 Å². The van der Waals surface area contributed by atoms with Gasteiger partial charge in [0.1, 0.15) is 12.2 Å². The first-order valence-electron chi connectivity index (χ1n) is 9.39. The van der Waals surface area contributed by atoms with Crippen molar-refractivity contribution in [2.24, 2.45) is 0 Å². The number of alkyl halides is 5. The summed E-state index contributed by atoms with van der Waals surface area (Å²) < 4.78 is 67.3. The third kappa shape index (κ3) is 4.93. The van der Waals surface area contributed by atoms with Crippen molar-refractivity contribution in [3.05, 3.63) is 63.2 Å². The molecule has 1 aromatic carbocycles. The number of rotatable bonds is 6. The molecule has 0 saturated carbocycles. The quantitative estimate of drug-likeness (QED) is 0.492. The summed E-state index contributed by atoms with van der Waals surface area (Å²) in [5.41, 5.74) is 0.616. The topological polar surface area (TPSA) is 64.7 Å². The Bertz CT molecular complexity index is 1150. The van der Waals surface area contributed by atoms with Crippen molar-refractivity contribution in [2.75, 3.05) is 5.32 Å². The predicted molar refractivity (Wildman–Crippen MR) is 108 cm³/mol. The van der Waals surface area contributed by atoms with Crippen LogP contribution in [-0.4, -0.2) is 25.5 Å². The number of carbonyl (C=O) groups is 1. The van der Waals surface area contributed by atoms with Crippen LogP contribution in [0.3, 0.4) is 0 Å². The van der Waals surface area contributed by atoms with Gasteiger partial charge in [-0.2, -0.15) is 23.4 Å². The number of nitrogens with one attached hydrogen (secondary N) is 1. The molecular formula is C20H19ClF5N5O. The number of benzene rings is 1. The lowest BCUT2D eigenvalue weighted by molar-refractivity contribution is -0.137. The van der Waals surface area contributed by atoms with Gasteiger partial charge in [-0.05, 0) is 38.5 Å². The van der Waals surface area contributed by atoms with Crippen LogP contribution in [0.2, 0.25) is 5.02 Å². The summed E-state index contributed by atoms with van der Waals surface area (Å²) in [5.74, 6) is -0.544. The molecule has 6 nitrogen and oxygen atoms in total. The molecule has 0 fully saturated rings. The van der Waals surface area contributed by atoms with Crippen LogP contribution in [-0.2, 0) is 24.1 Å². The number of hydrogen-bond acceptors (Lipinski definition) is 3. The predicted octanol–water partition coefficient (Wildman–Crippen LogP) is 5.30. The molecule has 0 bridgehead atoms. The molecule has 172 valence electrons. The van der Waals surface area contributed by atoms with Gasteiger partial charge in [-0.3, -0.25) is 14.2 Å². The molecule has 1 N–H and O–H groups in total. The van der Waals surface area contributed by atoms with E-state index in [0.29, 0.717) is 22.6 Å². The van der Waals surface area contributed by atoms with E-state index in [1.807, 2.05) is 0 Å². The van der Waals surface area contributed by atoms with E-state index in [0.717, 1.165) is 16.8 Å². The first kappa shape index (κ1) is 23.7. The zero-order valence-electron chi connectivity index (χ0n) is 17.3. The van der Waals surface area contributed by atoms with E-state index in [1.54, 1.807) is 19.9 Å². The lowest BCUT2D eigenvalue weighted by Gasteiger charge is -2.10. The van der Waals surface area contributed by atoms with Gasteiger partial charge in [-0.25, -0.2) is 8.78 Å². The van der Waals surface area contributed by atoms with Gasteiger partial charge in [0.15, 0.2) is 0 Å². The minimum Gasteiger partial charge on any atom is -0.321 e. The zero-order chi connectivity index (χ0) is 23.8. The Labute approximate surface area is 185 Å². The standard InChI is InChI=1S/C20H19ClF5N5O/c1-10-17(27-15(32)9-31-11(2)16(21)18(29-31)19(22)23)12(3)30(28-10)8-13-5-4-6-14(7-13)20(24,25)26/h4-7,19H,8-9H2,1-3H3,(H,27,32). The van der Waals surface area contributed by atoms with Crippen LogP contribution >= 0.6 is 11.6 Å². The maximum Gasteiger partial charge on any atom is 0.416 e. The molecule has 0 radical (unpaired) electrons. The fourth-order valence-electron chi connectivity index (χ4n) is 3.21. The zero-order valence-corrected chi connectivity index (χ0v) is 18.0. The van der Waals surface area contributed by atoms with Crippen molar-refractivity contribution in [1.82, 2.24) is 19.6 Å². The van der Waals surface area contributed by atoms with E-state index in [2.05, 4.69) is 15.5 Å². The molecule has 0 aliphatic rings. The third-order valence-corrected chi connectivity index (χ3v) is 5.36. The van der Waals surface area contributed by atoms with Crippen molar-refractivity contribution in [3.63, 3.8) is 0 Å². The molecule has 2 aromatic heterocycles. The SMILES string of the molecule is Cc1nn(Cc2cccc(C(F)(F)F)c2)c(C)c1NC(=O)Cn1nc(C(F)F)c(Cl)c1C. The van der Waals surface area contributed by atoms with Crippen molar-refractivity contribution in [3.8, 4) is 0 Å². The molecule has 2 heterocycles. The van der Waals surface area contributed by atoms with Crippen LogP contribution in [0.1, 0.15) is 40.3 Å². The number of nitrogens with zero attached hydrogens (tertiary/aromatic N) is 4. The lowest BCUT2D eigenvalue weighted by Crippen LogP contribution is -2.21. The fraction of sp³-hybridized carbons (Fsp3) is 0.350. The number of carbonyl (C=O) groups excluding carboxylic acids is 1. The summed E-state index contributed by atoms with van der Waals surface area (Å²) >= 11 is 5.84. The summed E-state index contributed by atoms with van der Waals surface area (Å²) in [5, 5.41) is 10.4. The Kier molecular flexibility index (Phi) is 6.59. The largest absolute Gasteiger partial charge is 0.416 e. The average Bonchev–Trinajstić information content (AvgIpc) is 3.12. The molecule has 0 atom stereocenters. The van der Waals surface area contributed by atoms with E-state index in [9.17, 15) is 26.7 Å². The highest BCUT2D eigenvalue weighted by Crippen LogP contribution is 2.30. The van der Waals surface area contributed by atoms with Crippen molar-refractivity contribution < 1.29 is 26.7 Å². The minimum atomic E-state index is -4.46. The molecule has 0 aliphatic carbocycles. The van der Waals surface area contributed by atoms with E-state index in [1.165, 1.54) is 17.7 Å². The average molecular weight is 476 g/mol. The number of aromatic nitrogens is 4. The van der Waals surface area contributed by atoms with Crippen molar-refractivity contribution >= 4 is 23.2 Å². The second kappa shape index (κ2) is 8.89. The Morgan fingerprint density at radius 1 is 1.12 bits per heavy atom. The number of halogens is 6. The summed E-state index contributed by atoms with van der Waals surface area (Å²) in [6.45, 7) is 4.48. The molecule has 0 aliphatic heterocycles. The van der Waals surface area contributed by atoms with Gasteiger partial charge in [0.2, 0.25) is 5.91 Å². The second-order valence-corrected chi connectivity index (χ2v) is 7.57. The molecule has 12 heteroatoms. The highest BCUT2D eigenvalue weighted by atomic mass is 35.5. The summed E-state index contributed by atoms with van der Waals surface area (Å²) in [6, 6.07) is 4.89. The Morgan fingerprint density at radius 2 is 1.81 bits per heavy atom. The van der Waals surface area contributed by atoms with Crippen LogP contribution < -0.4 is 5.32 Å². The summed E-state index contributed by atoms with van der Waals surface area (Å²) in [4.78, 5) is 12.5. The fourth-order valence-corrected chi connectivity index (χ4v) is 3.42. The molecule has 0 unspecified atom stereocenters. The van der Waals surface area contributed by atoms with E-state index in [-0.39, 0.29) is 23.8 Å². The van der Waals surface area contributed by atoms with E-state index in [4.69, 9.17) is 11.6 Å². The smallest absolute Gasteiger partial charge is 0.321 e. The molecule has 3 aromatic rings. The molecule has 1 amide bonds. The third-order valence-electron chi connectivity index (χ3n) is 4.89. The monoisotopic (exact) mass is 475 g/mol. The normalized spacial score (nSPS) is 11.9. The second-order valence-electron chi connectivity index (χ2n) is 7.19. The first-order valence-corrected chi connectivity index (χ1v) is 9.77. The minimum absolute atomic E-state index is 0.0675. The van der Waals surface area contributed by atoms with Crippen molar-refractivity contribution in [2.45, 2.75) is 46.5 Å². The Morgan fingerprint density at radius 3 is 2.41 bits per heavy atom. The Hall–Kier alpha value is -2.95. The van der Waals surface area contributed by atoms with Crippen molar-refractivity contribution in [1.29, 1.82) is 0 Å². The number of hydrogen-bond donors (Lipinski definition) is 1. The first-order chi connectivity index (χ1) is 14.9. The summed E-state index contributed by atoms with van der Waals surface area (Å²) in [7, 11) is 0. The van der Waals surface area contributed by atoms with Crippen LogP contribution in [0.5, 0.6) is 0 Å². The van der Waals surface area contributed by atoms with E-state index >= 15 is 0 Å². The highest BCUT2D eigenvalue weighted by molar-refractivity contribution is 6.31. The van der Waals surface area contributed by atoms with Crippen LogP contribution in [0.4, 0.5) is 27.6 Å².